The molecule has 0 atom stereocenters. The summed E-state index contributed by atoms with van der Waals surface area (Å²) in [4.78, 5) is 50.6. The highest BCUT2D eigenvalue weighted by atomic mass is 32.1. The number of carbonyl (C=O) groups is 4. The SMILES string of the molecule is O=C(O)CN(CCCc1cccc(N=C=S)c1CCCN(CC(=O)O)CC(=O)O)CC(=O)O. The lowest BCUT2D eigenvalue weighted by Crippen LogP contribution is -2.35. The zero-order valence-electron chi connectivity index (χ0n) is 18.0. The van der Waals surface area contributed by atoms with E-state index in [2.05, 4.69) is 10.2 Å². The van der Waals surface area contributed by atoms with Gasteiger partial charge in [0.05, 0.1) is 37.0 Å². The van der Waals surface area contributed by atoms with E-state index >= 15 is 0 Å². The summed E-state index contributed by atoms with van der Waals surface area (Å²) in [6.07, 6.45) is 1.99. The van der Waals surface area contributed by atoms with Crippen LogP contribution >= 0.6 is 12.2 Å². The monoisotopic (exact) mass is 481 g/mol. The molecular weight excluding hydrogens is 454 g/mol. The van der Waals surface area contributed by atoms with E-state index in [9.17, 15) is 19.2 Å². The maximum atomic E-state index is 11.0. The summed E-state index contributed by atoms with van der Waals surface area (Å²) in [5.41, 5.74) is 2.36. The van der Waals surface area contributed by atoms with Crippen molar-refractivity contribution >= 4 is 46.9 Å². The number of hydrogen-bond donors (Lipinski definition) is 4. The van der Waals surface area contributed by atoms with Gasteiger partial charge in [-0.25, -0.2) is 0 Å². The summed E-state index contributed by atoms with van der Waals surface area (Å²) in [7, 11) is 0. The minimum absolute atomic E-state index is 0.249. The van der Waals surface area contributed by atoms with Gasteiger partial charge in [-0.05, 0) is 68.2 Å². The molecule has 33 heavy (non-hydrogen) atoms. The van der Waals surface area contributed by atoms with E-state index in [4.69, 9.17) is 32.6 Å². The second kappa shape index (κ2) is 14.8. The number of carboxylic acids is 4. The Labute approximate surface area is 196 Å². The molecule has 0 unspecified atom stereocenters. The summed E-state index contributed by atoms with van der Waals surface area (Å²) in [6, 6.07) is 5.42. The summed E-state index contributed by atoms with van der Waals surface area (Å²) in [6.45, 7) is -1.01. The van der Waals surface area contributed by atoms with Crippen LogP contribution < -0.4 is 0 Å². The molecule has 0 aromatic heterocycles. The van der Waals surface area contributed by atoms with Gasteiger partial charge >= 0.3 is 23.9 Å². The molecule has 0 amide bonds. The summed E-state index contributed by atoms with van der Waals surface area (Å²) in [5, 5.41) is 38.2. The molecule has 1 aromatic carbocycles. The van der Waals surface area contributed by atoms with Crippen LogP contribution in [0.25, 0.3) is 0 Å². The van der Waals surface area contributed by atoms with E-state index in [1.54, 1.807) is 12.1 Å². The molecular formula is C21H27N3O8S. The van der Waals surface area contributed by atoms with Crippen molar-refractivity contribution < 1.29 is 39.6 Å². The van der Waals surface area contributed by atoms with Gasteiger partial charge in [0.15, 0.2) is 0 Å². The van der Waals surface area contributed by atoms with Crippen LogP contribution in [0.5, 0.6) is 0 Å². The Hall–Kier alpha value is -3.18. The molecule has 0 saturated carbocycles. The second-order valence-corrected chi connectivity index (χ2v) is 7.50. The largest absolute Gasteiger partial charge is 0.480 e. The van der Waals surface area contributed by atoms with E-state index in [1.807, 2.05) is 6.07 Å². The predicted octanol–water partition coefficient (Wildman–Crippen LogP) is 1.23. The van der Waals surface area contributed by atoms with Crippen LogP contribution in [0.3, 0.4) is 0 Å². The molecule has 1 rings (SSSR count). The Morgan fingerprint density at radius 1 is 0.788 bits per heavy atom. The van der Waals surface area contributed by atoms with Gasteiger partial charge < -0.3 is 20.4 Å². The Morgan fingerprint density at radius 3 is 1.67 bits per heavy atom. The quantitative estimate of drug-likeness (QED) is 0.186. The summed E-state index contributed by atoms with van der Waals surface area (Å²) in [5.74, 6) is -4.45. The van der Waals surface area contributed by atoms with Gasteiger partial charge in [-0.3, -0.25) is 29.0 Å². The zero-order chi connectivity index (χ0) is 24.8. The highest BCUT2D eigenvalue weighted by molar-refractivity contribution is 7.78. The topological polar surface area (TPSA) is 168 Å². The molecule has 12 heteroatoms. The van der Waals surface area contributed by atoms with Gasteiger partial charge in [-0.15, -0.1) is 0 Å². The van der Waals surface area contributed by atoms with Crippen LogP contribution in [0.4, 0.5) is 5.69 Å². The molecule has 0 radical (unpaired) electrons. The number of aryl methyl sites for hydroxylation is 1. The lowest BCUT2D eigenvalue weighted by molar-refractivity contribution is -0.143. The van der Waals surface area contributed by atoms with Crippen molar-refractivity contribution in [1.82, 2.24) is 9.80 Å². The second-order valence-electron chi connectivity index (χ2n) is 7.32. The first-order valence-corrected chi connectivity index (χ1v) is 10.5. The average Bonchev–Trinajstić information content (AvgIpc) is 2.68. The fourth-order valence-electron chi connectivity index (χ4n) is 3.46. The van der Waals surface area contributed by atoms with Crippen LogP contribution in [-0.2, 0) is 32.0 Å². The standard InChI is InChI=1S/C21H27N3O8S/c25-18(26)10-23(11-19(27)28)8-2-5-15-4-1-7-17(22-14-33)16(15)6-3-9-24(12-20(29)30)13-21(31)32/h1,4,7H,2-3,5-6,8-13H2,(H,25,26)(H,27,28)(H,29,30)(H,31,32). The molecule has 0 aliphatic rings. The first-order valence-electron chi connectivity index (χ1n) is 10.1. The fraction of sp³-hybridized carbons (Fsp3) is 0.476. The molecule has 0 heterocycles. The van der Waals surface area contributed by atoms with Crippen LogP contribution in [-0.4, -0.2) is 98.5 Å². The van der Waals surface area contributed by atoms with Crippen LogP contribution in [0.1, 0.15) is 24.0 Å². The average molecular weight is 482 g/mol. The number of hydrogen-bond acceptors (Lipinski definition) is 8. The number of nitrogens with zero attached hydrogens (tertiary/aromatic N) is 3. The maximum Gasteiger partial charge on any atom is 0.317 e. The van der Waals surface area contributed by atoms with Crippen molar-refractivity contribution in [3.05, 3.63) is 29.3 Å². The van der Waals surface area contributed by atoms with Crippen LogP contribution in [0.15, 0.2) is 23.2 Å². The van der Waals surface area contributed by atoms with Gasteiger partial charge in [0.1, 0.15) is 0 Å². The molecule has 11 nitrogen and oxygen atoms in total. The molecule has 4 N–H and O–H groups in total. The third-order valence-corrected chi connectivity index (χ3v) is 4.76. The van der Waals surface area contributed by atoms with Gasteiger partial charge in [-0.2, -0.15) is 4.99 Å². The summed E-state index contributed by atoms with van der Waals surface area (Å²) < 4.78 is 0. The predicted molar refractivity (Wildman–Crippen MR) is 121 cm³/mol. The number of isothiocyanates is 1. The van der Waals surface area contributed by atoms with E-state index in [0.717, 1.165) is 11.1 Å². The lowest BCUT2D eigenvalue weighted by Gasteiger charge is -2.20. The molecule has 180 valence electrons. The number of thiocarbonyl (C=S) groups is 1. The van der Waals surface area contributed by atoms with Gasteiger partial charge in [0, 0.05) is 0 Å². The number of benzene rings is 1. The Kier molecular flexibility index (Phi) is 12.5. The minimum Gasteiger partial charge on any atom is -0.480 e. The number of aliphatic carboxylic acids is 4. The maximum absolute atomic E-state index is 11.0. The zero-order valence-corrected chi connectivity index (χ0v) is 18.8. The van der Waals surface area contributed by atoms with Crippen molar-refractivity contribution in [3.63, 3.8) is 0 Å². The first kappa shape index (κ1) is 27.9. The van der Waals surface area contributed by atoms with Gasteiger partial charge in [0.2, 0.25) is 0 Å². The molecule has 0 bridgehead atoms. The van der Waals surface area contributed by atoms with Gasteiger partial charge in [0.25, 0.3) is 0 Å². The summed E-state index contributed by atoms with van der Waals surface area (Å²) >= 11 is 4.71. The molecule has 0 spiro atoms. The highest BCUT2D eigenvalue weighted by Crippen LogP contribution is 2.25. The van der Waals surface area contributed by atoms with E-state index in [0.29, 0.717) is 31.4 Å². The van der Waals surface area contributed by atoms with Crippen LogP contribution in [0, 0.1) is 0 Å². The number of rotatable bonds is 17. The first-order chi connectivity index (χ1) is 15.6. The van der Waals surface area contributed by atoms with E-state index in [1.165, 1.54) is 9.80 Å². The lowest BCUT2D eigenvalue weighted by atomic mass is 9.97. The Morgan fingerprint density at radius 2 is 1.24 bits per heavy atom. The number of carboxylic acid groups (broad SMARTS) is 4. The van der Waals surface area contributed by atoms with Gasteiger partial charge in [-0.1, -0.05) is 12.1 Å². The van der Waals surface area contributed by atoms with Crippen molar-refractivity contribution in [2.24, 2.45) is 4.99 Å². The number of aliphatic imine (C=N–C) groups is 1. The van der Waals surface area contributed by atoms with Crippen molar-refractivity contribution in [3.8, 4) is 0 Å². The van der Waals surface area contributed by atoms with Crippen molar-refractivity contribution in [2.75, 3.05) is 39.3 Å². The third-order valence-electron chi connectivity index (χ3n) is 4.67. The Bertz CT molecular complexity index is 869. The highest BCUT2D eigenvalue weighted by Gasteiger charge is 2.16. The van der Waals surface area contributed by atoms with Crippen LogP contribution in [0.2, 0.25) is 0 Å². The minimum atomic E-state index is -1.12. The van der Waals surface area contributed by atoms with Crippen molar-refractivity contribution in [1.29, 1.82) is 0 Å². The molecule has 0 aliphatic carbocycles. The molecule has 0 fully saturated rings. The van der Waals surface area contributed by atoms with E-state index in [-0.39, 0.29) is 39.3 Å². The molecule has 1 aromatic rings. The normalized spacial score (nSPS) is 10.7. The van der Waals surface area contributed by atoms with Crippen molar-refractivity contribution in [2.45, 2.75) is 25.7 Å². The fourth-order valence-corrected chi connectivity index (χ4v) is 3.56. The van der Waals surface area contributed by atoms with E-state index < -0.39 is 23.9 Å². The smallest absolute Gasteiger partial charge is 0.317 e. The molecule has 0 aliphatic heterocycles. The Balaban J connectivity index is 2.89. The third kappa shape index (κ3) is 11.9. The molecule has 0 saturated heterocycles.